The van der Waals surface area contributed by atoms with E-state index in [2.05, 4.69) is 10.2 Å². The summed E-state index contributed by atoms with van der Waals surface area (Å²) in [6.45, 7) is 0.315. The van der Waals surface area contributed by atoms with Crippen LogP contribution >= 0.6 is 11.6 Å². The van der Waals surface area contributed by atoms with Gasteiger partial charge in [-0.25, -0.2) is 21.1 Å². The minimum Gasteiger partial charge on any atom is -0.308 e. The molecule has 0 bridgehead atoms. The van der Waals surface area contributed by atoms with Crippen LogP contribution < -0.4 is 0 Å². The van der Waals surface area contributed by atoms with Gasteiger partial charge in [0.1, 0.15) is 6.33 Å². The van der Waals surface area contributed by atoms with E-state index in [1.807, 2.05) is 0 Å². The number of rotatable bonds is 5. The second-order valence-corrected chi connectivity index (χ2v) is 10.8. The summed E-state index contributed by atoms with van der Waals surface area (Å²) in [6, 6.07) is 6.70. The molecule has 1 aromatic carbocycles. The van der Waals surface area contributed by atoms with Crippen LogP contribution in [0.3, 0.4) is 0 Å². The van der Waals surface area contributed by atoms with Crippen LogP contribution in [0.15, 0.2) is 35.7 Å². The zero-order valence-electron chi connectivity index (χ0n) is 14.1. The number of nitrogens with zero attached hydrogens (tertiary/aromatic N) is 4. The van der Waals surface area contributed by atoms with Gasteiger partial charge in [-0.1, -0.05) is 23.7 Å². The average molecular weight is 419 g/mol. The van der Waals surface area contributed by atoms with E-state index in [4.69, 9.17) is 11.6 Å². The van der Waals surface area contributed by atoms with Crippen LogP contribution in [-0.2, 0) is 32.7 Å². The second-order valence-electron chi connectivity index (χ2n) is 6.25. The number of benzene rings is 1. The lowest BCUT2D eigenvalue weighted by Gasteiger charge is -2.30. The van der Waals surface area contributed by atoms with Gasteiger partial charge in [0, 0.05) is 25.2 Å². The van der Waals surface area contributed by atoms with Crippen LogP contribution in [0.1, 0.15) is 18.4 Å². The van der Waals surface area contributed by atoms with Crippen molar-refractivity contribution >= 4 is 31.5 Å². The Morgan fingerprint density at radius 2 is 1.88 bits per heavy atom. The number of aryl methyl sites for hydroxylation is 1. The Balaban J connectivity index is 1.69. The molecule has 1 fully saturated rings. The smallest absolute Gasteiger partial charge is 0.249 e. The third kappa shape index (κ3) is 3.93. The highest BCUT2D eigenvalue weighted by Gasteiger charge is 2.37. The standard InChI is InChI=1S/C15H19ClN4O4S2/c1-19-11-17-18-15(19)26(23,24)14-5-7-20(8-6-14)25(21,22)10-12-3-2-4-13(16)9-12/h2-4,9,11,14H,5-8,10H2,1H3. The van der Waals surface area contributed by atoms with Gasteiger partial charge in [0.25, 0.3) is 0 Å². The number of aromatic nitrogens is 3. The molecule has 1 aliphatic rings. The number of sulfone groups is 1. The van der Waals surface area contributed by atoms with Gasteiger partial charge in [-0.05, 0) is 30.5 Å². The average Bonchev–Trinajstić information content (AvgIpc) is 3.01. The van der Waals surface area contributed by atoms with E-state index in [0.29, 0.717) is 10.6 Å². The molecule has 1 saturated heterocycles. The summed E-state index contributed by atoms with van der Waals surface area (Å²) >= 11 is 5.90. The molecule has 3 rings (SSSR count). The molecule has 1 aliphatic heterocycles. The molecule has 0 radical (unpaired) electrons. The molecule has 0 amide bonds. The van der Waals surface area contributed by atoms with Crippen LogP contribution in [0.4, 0.5) is 0 Å². The van der Waals surface area contributed by atoms with Crippen LogP contribution in [0.2, 0.25) is 5.02 Å². The lowest BCUT2D eigenvalue weighted by Crippen LogP contribution is -2.43. The summed E-state index contributed by atoms with van der Waals surface area (Å²) in [6.07, 6.45) is 1.78. The van der Waals surface area contributed by atoms with Gasteiger partial charge in [0.05, 0.1) is 11.0 Å². The largest absolute Gasteiger partial charge is 0.308 e. The van der Waals surface area contributed by atoms with Gasteiger partial charge in [0.15, 0.2) is 0 Å². The number of halogens is 1. The lowest BCUT2D eigenvalue weighted by atomic mass is 10.2. The predicted molar refractivity (Wildman–Crippen MR) is 96.9 cm³/mol. The SMILES string of the molecule is Cn1cnnc1S(=O)(=O)C1CCN(S(=O)(=O)Cc2cccc(Cl)c2)CC1. The highest BCUT2D eigenvalue weighted by atomic mass is 35.5. The molecule has 2 aromatic rings. The summed E-state index contributed by atoms with van der Waals surface area (Å²) in [5.74, 6) is -0.158. The minimum atomic E-state index is -3.63. The zero-order valence-corrected chi connectivity index (χ0v) is 16.5. The Labute approximate surface area is 157 Å². The van der Waals surface area contributed by atoms with E-state index in [1.165, 1.54) is 15.2 Å². The summed E-state index contributed by atoms with van der Waals surface area (Å²) in [5.41, 5.74) is 0.603. The Hall–Kier alpha value is -1.49. The molecule has 2 heterocycles. The molecule has 11 heteroatoms. The van der Waals surface area contributed by atoms with Crippen molar-refractivity contribution < 1.29 is 16.8 Å². The number of piperidine rings is 1. The Morgan fingerprint density at radius 1 is 1.19 bits per heavy atom. The highest BCUT2D eigenvalue weighted by molar-refractivity contribution is 7.92. The van der Waals surface area contributed by atoms with Crippen molar-refractivity contribution in [3.8, 4) is 0 Å². The summed E-state index contributed by atoms with van der Waals surface area (Å²) < 4.78 is 53.2. The summed E-state index contributed by atoms with van der Waals surface area (Å²) in [4.78, 5) is 0. The van der Waals surface area contributed by atoms with Crippen LogP contribution in [-0.4, -0.2) is 54.2 Å². The van der Waals surface area contributed by atoms with Crippen molar-refractivity contribution in [3.05, 3.63) is 41.2 Å². The van der Waals surface area contributed by atoms with Gasteiger partial charge >= 0.3 is 0 Å². The van der Waals surface area contributed by atoms with Crippen molar-refractivity contribution in [2.24, 2.45) is 7.05 Å². The van der Waals surface area contributed by atoms with Crippen molar-refractivity contribution in [2.75, 3.05) is 13.1 Å². The third-order valence-corrected chi connectivity index (χ3v) is 8.71. The zero-order chi connectivity index (χ0) is 18.9. The van der Waals surface area contributed by atoms with Crippen molar-refractivity contribution in [3.63, 3.8) is 0 Å². The molecule has 0 spiro atoms. The lowest BCUT2D eigenvalue weighted by molar-refractivity contribution is 0.344. The monoisotopic (exact) mass is 418 g/mol. The van der Waals surface area contributed by atoms with E-state index in [9.17, 15) is 16.8 Å². The normalized spacial score (nSPS) is 17.5. The molecule has 0 aliphatic carbocycles. The highest BCUT2D eigenvalue weighted by Crippen LogP contribution is 2.25. The molecule has 8 nitrogen and oxygen atoms in total. The number of sulfonamides is 1. The fourth-order valence-corrected chi connectivity index (χ4v) is 6.53. The molecular formula is C15H19ClN4O4S2. The Bertz CT molecular complexity index is 996. The third-order valence-electron chi connectivity index (χ3n) is 4.40. The predicted octanol–water partition coefficient (Wildman–Crippen LogP) is 1.24. The Kier molecular flexibility index (Phi) is 5.38. The van der Waals surface area contributed by atoms with Gasteiger partial charge in [-0.15, -0.1) is 10.2 Å². The van der Waals surface area contributed by atoms with E-state index >= 15 is 0 Å². The number of hydrogen-bond acceptors (Lipinski definition) is 6. The topological polar surface area (TPSA) is 102 Å². The first-order chi connectivity index (χ1) is 12.2. The van der Waals surface area contributed by atoms with Gasteiger partial charge in [-0.2, -0.15) is 0 Å². The minimum absolute atomic E-state index is 0.0854. The summed E-state index contributed by atoms with van der Waals surface area (Å²) in [5, 5.41) is 7.01. The maximum absolute atomic E-state index is 12.6. The number of hydrogen-bond donors (Lipinski definition) is 0. The maximum atomic E-state index is 12.6. The van der Waals surface area contributed by atoms with E-state index in [-0.39, 0.29) is 36.8 Å². The van der Waals surface area contributed by atoms with Crippen molar-refractivity contribution in [2.45, 2.75) is 29.0 Å². The fraction of sp³-hybridized carbons (Fsp3) is 0.467. The van der Waals surface area contributed by atoms with E-state index in [0.717, 1.165) is 0 Å². The molecule has 1 aromatic heterocycles. The first-order valence-electron chi connectivity index (χ1n) is 8.00. The van der Waals surface area contributed by atoms with Gasteiger partial charge in [-0.3, -0.25) is 0 Å². The van der Waals surface area contributed by atoms with Crippen molar-refractivity contribution in [1.82, 2.24) is 19.1 Å². The molecule has 0 unspecified atom stereocenters. The fourth-order valence-electron chi connectivity index (χ4n) is 3.03. The first kappa shape index (κ1) is 19.3. The maximum Gasteiger partial charge on any atom is 0.249 e. The Morgan fingerprint density at radius 3 is 2.46 bits per heavy atom. The quantitative estimate of drug-likeness (QED) is 0.723. The van der Waals surface area contributed by atoms with E-state index < -0.39 is 25.1 Å². The molecule has 0 atom stereocenters. The van der Waals surface area contributed by atoms with Crippen molar-refractivity contribution in [1.29, 1.82) is 0 Å². The molecular weight excluding hydrogens is 400 g/mol. The second kappa shape index (κ2) is 7.26. The van der Waals surface area contributed by atoms with E-state index in [1.54, 1.807) is 31.3 Å². The first-order valence-corrected chi connectivity index (χ1v) is 11.5. The molecule has 0 saturated carbocycles. The summed E-state index contributed by atoms with van der Waals surface area (Å²) in [7, 11) is -5.60. The molecule has 26 heavy (non-hydrogen) atoms. The van der Waals surface area contributed by atoms with Crippen LogP contribution in [0.25, 0.3) is 0 Å². The van der Waals surface area contributed by atoms with Gasteiger partial charge < -0.3 is 4.57 Å². The van der Waals surface area contributed by atoms with Crippen LogP contribution in [0.5, 0.6) is 0 Å². The molecule has 142 valence electrons. The van der Waals surface area contributed by atoms with Gasteiger partial charge in [0.2, 0.25) is 25.0 Å². The molecule has 0 N–H and O–H groups in total. The van der Waals surface area contributed by atoms with Crippen LogP contribution in [0, 0.1) is 0 Å².